The van der Waals surface area contributed by atoms with E-state index in [1.54, 1.807) is 29.9 Å². The zero-order valence-electron chi connectivity index (χ0n) is 13.8. The Kier molecular flexibility index (Phi) is 4.85. The second-order valence-electron chi connectivity index (χ2n) is 5.65. The van der Waals surface area contributed by atoms with Gasteiger partial charge in [-0.1, -0.05) is 73.3 Å². The van der Waals surface area contributed by atoms with E-state index < -0.39 is 0 Å². The van der Waals surface area contributed by atoms with Crippen LogP contribution in [0, 0.1) is 0 Å². The highest BCUT2D eigenvalue weighted by Gasteiger charge is 2.21. The first-order valence-electron chi connectivity index (χ1n) is 8.28. The molecule has 124 valence electrons. The summed E-state index contributed by atoms with van der Waals surface area (Å²) in [4.78, 5) is 16.4. The summed E-state index contributed by atoms with van der Waals surface area (Å²) in [5.74, 6) is 0. The number of aromatic nitrogens is 2. The van der Waals surface area contributed by atoms with Crippen LogP contribution in [0.5, 0.6) is 0 Å². The first kappa shape index (κ1) is 16.4. The van der Waals surface area contributed by atoms with Crippen molar-refractivity contribution in [3.63, 3.8) is 0 Å². The lowest BCUT2D eigenvalue weighted by molar-refractivity contribution is 0.952. The van der Waals surface area contributed by atoms with Crippen molar-refractivity contribution in [2.45, 2.75) is 39.6 Å². The van der Waals surface area contributed by atoms with Crippen LogP contribution in [0.3, 0.4) is 0 Å². The quantitative estimate of drug-likeness (QED) is 0.532. The van der Waals surface area contributed by atoms with E-state index in [0.29, 0.717) is 0 Å². The third-order valence-electron chi connectivity index (χ3n) is 3.85. The molecule has 0 atom stereocenters. The summed E-state index contributed by atoms with van der Waals surface area (Å²) < 4.78 is 0. The number of rotatable bonds is 4. The van der Waals surface area contributed by atoms with Crippen molar-refractivity contribution in [3.8, 4) is 0 Å². The largest absolute Gasteiger partial charge is 0.247 e. The van der Waals surface area contributed by atoms with Gasteiger partial charge in [0.1, 0.15) is 22.1 Å². The number of hydrogen-bond donors (Lipinski definition) is 0. The molecule has 2 aromatic carbocycles. The summed E-state index contributed by atoms with van der Waals surface area (Å²) in [6, 6.07) is 18.7. The van der Waals surface area contributed by atoms with Gasteiger partial charge in [-0.15, -0.1) is 0 Å². The van der Waals surface area contributed by atoms with Gasteiger partial charge in [0.15, 0.2) is 0 Å². The van der Waals surface area contributed by atoms with E-state index in [0.717, 1.165) is 39.2 Å². The maximum Gasteiger partial charge on any atom is 0.131 e. The topological polar surface area (TPSA) is 38.1 Å². The van der Waals surface area contributed by atoms with Gasteiger partial charge in [0.05, 0.1) is 0 Å². The number of nitrogens with zero attached hydrogens (tertiary/aromatic N) is 3. The first-order chi connectivity index (χ1) is 12.3. The molecule has 3 nitrogen and oxygen atoms in total. The van der Waals surface area contributed by atoms with E-state index in [1.807, 2.05) is 18.2 Å². The summed E-state index contributed by atoms with van der Waals surface area (Å²) in [5, 5.41) is 1.83. The van der Waals surface area contributed by atoms with Gasteiger partial charge in [-0.2, -0.15) is 0 Å². The molecule has 0 radical (unpaired) electrons. The second kappa shape index (κ2) is 7.42. The lowest BCUT2D eigenvalue weighted by Gasteiger charge is -2.07. The third kappa shape index (κ3) is 3.48. The Balaban J connectivity index is 1.83. The van der Waals surface area contributed by atoms with Crippen molar-refractivity contribution in [3.05, 3.63) is 66.5 Å². The van der Waals surface area contributed by atoms with Gasteiger partial charge in [-0.3, -0.25) is 0 Å². The fourth-order valence-electron chi connectivity index (χ4n) is 2.71. The number of aliphatic imine (C=N–C) groups is 1. The van der Waals surface area contributed by atoms with E-state index in [4.69, 9.17) is 4.99 Å². The summed E-state index contributed by atoms with van der Waals surface area (Å²) in [6.07, 6.45) is 3.64. The monoisotopic (exact) mass is 363 g/mol. The minimum absolute atomic E-state index is 0.890. The zero-order valence-corrected chi connectivity index (χ0v) is 15.5. The Morgan fingerprint density at radius 2 is 1.76 bits per heavy atom. The van der Waals surface area contributed by atoms with Crippen LogP contribution in [0.4, 0.5) is 5.69 Å². The standard InChI is InChI=1S/C20H17N3S2/c1-2-8-16-15-11-6-7-12-17(15)25-20-18(23-16)19(21-13-22-20)24-14-9-4-3-5-10-14/h3-7,9-13H,2,8H2,1H3. The Morgan fingerprint density at radius 1 is 0.960 bits per heavy atom. The van der Waals surface area contributed by atoms with Gasteiger partial charge in [-0.25, -0.2) is 15.0 Å². The second-order valence-corrected chi connectivity index (χ2v) is 7.75. The highest BCUT2D eigenvalue weighted by Crippen LogP contribution is 2.44. The average Bonchev–Trinajstić information content (AvgIpc) is 2.80. The fraction of sp³-hybridized carbons (Fsp3) is 0.150. The Labute approximate surface area is 156 Å². The molecule has 0 saturated heterocycles. The molecule has 0 spiro atoms. The maximum atomic E-state index is 5.02. The summed E-state index contributed by atoms with van der Waals surface area (Å²) in [6.45, 7) is 2.19. The van der Waals surface area contributed by atoms with Crippen LogP contribution >= 0.6 is 23.5 Å². The minimum atomic E-state index is 0.890. The van der Waals surface area contributed by atoms with E-state index in [2.05, 4.69) is 53.3 Å². The summed E-state index contributed by atoms with van der Waals surface area (Å²) in [5.41, 5.74) is 3.22. The molecular formula is C20H17N3S2. The molecular weight excluding hydrogens is 346 g/mol. The normalized spacial score (nSPS) is 12.8. The van der Waals surface area contributed by atoms with Gasteiger partial charge in [0.25, 0.3) is 0 Å². The molecule has 1 aliphatic rings. The van der Waals surface area contributed by atoms with Crippen LogP contribution in [0.15, 0.2) is 85.8 Å². The van der Waals surface area contributed by atoms with Gasteiger partial charge in [0.2, 0.25) is 0 Å². The molecule has 0 fully saturated rings. The van der Waals surface area contributed by atoms with Gasteiger partial charge >= 0.3 is 0 Å². The third-order valence-corrected chi connectivity index (χ3v) is 5.92. The van der Waals surface area contributed by atoms with Crippen LogP contribution in [-0.4, -0.2) is 15.7 Å². The van der Waals surface area contributed by atoms with Crippen LogP contribution in [0.25, 0.3) is 0 Å². The predicted molar refractivity (Wildman–Crippen MR) is 104 cm³/mol. The molecule has 1 aromatic heterocycles. The molecule has 0 unspecified atom stereocenters. The maximum absolute atomic E-state index is 5.02. The molecule has 0 bridgehead atoms. The molecule has 0 aliphatic carbocycles. The van der Waals surface area contributed by atoms with Crippen LogP contribution in [-0.2, 0) is 0 Å². The molecule has 4 rings (SSSR count). The van der Waals surface area contributed by atoms with E-state index in [-0.39, 0.29) is 0 Å². The first-order valence-corrected chi connectivity index (χ1v) is 9.91. The van der Waals surface area contributed by atoms with Gasteiger partial charge in [0, 0.05) is 21.1 Å². The average molecular weight is 364 g/mol. The zero-order chi connectivity index (χ0) is 17.1. The van der Waals surface area contributed by atoms with Crippen molar-refractivity contribution in [2.75, 3.05) is 0 Å². The number of fused-ring (bicyclic) bond motifs is 2. The Hall–Kier alpha value is -2.11. The van der Waals surface area contributed by atoms with Crippen molar-refractivity contribution in [1.82, 2.24) is 9.97 Å². The summed E-state index contributed by atoms with van der Waals surface area (Å²) >= 11 is 3.32. The smallest absolute Gasteiger partial charge is 0.131 e. The molecule has 0 saturated carbocycles. The molecule has 0 N–H and O–H groups in total. The Bertz CT molecular complexity index is 923. The molecule has 5 heteroatoms. The molecule has 3 aromatic rings. The predicted octanol–water partition coefficient (Wildman–Crippen LogP) is 6.01. The van der Waals surface area contributed by atoms with Crippen molar-refractivity contribution in [1.29, 1.82) is 0 Å². The summed E-state index contributed by atoms with van der Waals surface area (Å²) in [7, 11) is 0. The van der Waals surface area contributed by atoms with Crippen molar-refractivity contribution >= 4 is 34.9 Å². The van der Waals surface area contributed by atoms with Crippen molar-refractivity contribution < 1.29 is 0 Å². The lowest BCUT2D eigenvalue weighted by atomic mass is 10.1. The van der Waals surface area contributed by atoms with E-state index in [9.17, 15) is 0 Å². The van der Waals surface area contributed by atoms with E-state index >= 15 is 0 Å². The number of hydrogen-bond acceptors (Lipinski definition) is 5. The van der Waals surface area contributed by atoms with E-state index in [1.165, 1.54) is 10.5 Å². The van der Waals surface area contributed by atoms with Gasteiger partial charge in [-0.05, 0) is 24.6 Å². The highest BCUT2D eigenvalue weighted by molar-refractivity contribution is 8.00. The van der Waals surface area contributed by atoms with Crippen LogP contribution < -0.4 is 0 Å². The SMILES string of the molecule is CCCC1=Nc2c(Sc3ccccc3)ncnc2Sc2ccccc21. The van der Waals surface area contributed by atoms with Gasteiger partial charge < -0.3 is 0 Å². The fourth-order valence-corrected chi connectivity index (χ4v) is 4.62. The van der Waals surface area contributed by atoms with Crippen LogP contribution in [0.2, 0.25) is 0 Å². The number of benzene rings is 2. The Morgan fingerprint density at radius 3 is 2.60 bits per heavy atom. The molecule has 25 heavy (non-hydrogen) atoms. The molecule has 2 heterocycles. The van der Waals surface area contributed by atoms with Crippen molar-refractivity contribution in [2.24, 2.45) is 4.99 Å². The molecule has 1 aliphatic heterocycles. The minimum Gasteiger partial charge on any atom is -0.247 e. The lowest BCUT2D eigenvalue weighted by Crippen LogP contribution is -2.00. The highest BCUT2D eigenvalue weighted by atomic mass is 32.2. The van der Waals surface area contributed by atoms with Crippen LogP contribution in [0.1, 0.15) is 25.3 Å². The molecule has 0 amide bonds.